The smallest absolute Gasteiger partial charge is 0.230 e. The van der Waals surface area contributed by atoms with E-state index in [2.05, 4.69) is 15.5 Å². The van der Waals surface area contributed by atoms with Gasteiger partial charge >= 0.3 is 0 Å². The number of aromatic amines is 1. The van der Waals surface area contributed by atoms with Crippen LogP contribution in [0.1, 0.15) is 11.1 Å². The van der Waals surface area contributed by atoms with Crippen LogP contribution in [0, 0.1) is 5.82 Å². The maximum absolute atomic E-state index is 13.6. The SMILES string of the molecule is NC(=S)c1cn[nH]c1NC(=O)Cc1c(F)cccc1Cl. The Balaban J connectivity index is 2.14. The number of halogens is 2. The van der Waals surface area contributed by atoms with Gasteiger partial charge in [-0.3, -0.25) is 9.89 Å². The molecule has 8 heteroatoms. The van der Waals surface area contributed by atoms with Crippen molar-refractivity contribution in [3.63, 3.8) is 0 Å². The lowest BCUT2D eigenvalue weighted by atomic mass is 10.1. The van der Waals surface area contributed by atoms with Gasteiger partial charge in [-0.1, -0.05) is 29.9 Å². The molecule has 0 aliphatic rings. The van der Waals surface area contributed by atoms with Crippen molar-refractivity contribution in [1.82, 2.24) is 10.2 Å². The molecule has 2 aromatic rings. The molecule has 0 aliphatic heterocycles. The van der Waals surface area contributed by atoms with Crippen molar-refractivity contribution in [2.75, 3.05) is 5.32 Å². The van der Waals surface area contributed by atoms with E-state index in [-0.39, 0.29) is 27.8 Å². The molecule has 0 bridgehead atoms. The first-order valence-electron chi connectivity index (χ1n) is 5.55. The number of benzene rings is 1. The van der Waals surface area contributed by atoms with Crippen LogP contribution in [0.2, 0.25) is 5.02 Å². The molecule has 2 rings (SSSR count). The second-order valence-electron chi connectivity index (χ2n) is 3.95. The van der Waals surface area contributed by atoms with E-state index in [1.54, 1.807) is 0 Å². The van der Waals surface area contributed by atoms with E-state index in [9.17, 15) is 9.18 Å². The van der Waals surface area contributed by atoms with Gasteiger partial charge in [0.15, 0.2) is 0 Å². The zero-order valence-electron chi connectivity index (χ0n) is 10.1. The summed E-state index contributed by atoms with van der Waals surface area (Å²) in [4.78, 5) is 12.0. The highest BCUT2D eigenvalue weighted by Crippen LogP contribution is 2.20. The second-order valence-corrected chi connectivity index (χ2v) is 4.80. The van der Waals surface area contributed by atoms with Crippen LogP contribution in [0.5, 0.6) is 0 Å². The monoisotopic (exact) mass is 312 g/mol. The lowest BCUT2D eigenvalue weighted by molar-refractivity contribution is -0.115. The normalized spacial score (nSPS) is 10.3. The number of anilines is 1. The number of amides is 1. The summed E-state index contributed by atoms with van der Waals surface area (Å²) in [5.74, 6) is -0.722. The lowest BCUT2D eigenvalue weighted by Gasteiger charge is -2.07. The van der Waals surface area contributed by atoms with Crippen molar-refractivity contribution >= 4 is 40.5 Å². The van der Waals surface area contributed by atoms with Crippen molar-refractivity contribution in [1.29, 1.82) is 0 Å². The van der Waals surface area contributed by atoms with Gasteiger partial charge in [0.1, 0.15) is 16.6 Å². The van der Waals surface area contributed by atoms with Crippen molar-refractivity contribution in [2.45, 2.75) is 6.42 Å². The third kappa shape index (κ3) is 3.12. The molecule has 0 saturated carbocycles. The molecule has 5 nitrogen and oxygen atoms in total. The summed E-state index contributed by atoms with van der Waals surface area (Å²) in [7, 11) is 0. The number of carbonyl (C=O) groups excluding carboxylic acids is 1. The number of hydrogen-bond donors (Lipinski definition) is 3. The quantitative estimate of drug-likeness (QED) is 0.754. The van der Waals surface area contributed by atoms with Crippen molar-refractivity contribution in [2.24, 2.45) is 5.73 Å². The zero-order valence-corrected chi connectivity index (χ0v) is 11.7. The van der Waals surface area contributed by atoms with Gasteiger partial charge in [0, 0.05) is 10.6 Å². The number of nitrogens with one attached hydrogen (secondary N) is 2. The Morgan fingerprint density at radius 2 is 2.30 bits per heavy atom. The molecule has 0 radical (unpaired) electrons. The fraction of sp³-hybridized carbons (Fsp3) is 0.0833. The molecule has 4 N–H and O–H groups in total. The average molecular weight is 313 g/mol. The summed E-state index contributed by atoms with van der Waals surface area (Å²) in [6.45, 7) is 0. The molecule has 0 aliphatic carbocycles. The average Bonchev–Trinajstić information content (AvgIpc) is 2.82. The summed E-state index contributed by atoms with van der Waals surface area (Å²) < 4.78 is 13.6. The maximum Gasteiger partial charge on any atom is 0.230 e. The zero-order chi connectivity index (χ0) is 14.7. The predicted octanol–water partition coefficient (Wildman–Crippen LogP) is 2.02. The fourth-order valence-electron chi connectivity index (χ4n) is 1.61. The van der Waals surface area contributed by atoms with Crippen LogP contribution in [0.25, 0.3) is 0 Å². The summed E-state index contributed by atoms with van der Waals surface area (Å²) in [6.07, 6.45) is 1.19. The number of nitrogens with zero attached hydrogens (tertiary/aromatic N) is 1. The summed E-state index contributed by atoms with van der Waals surface area (Å²) in [5.41, 5.74) is 6.01. The number of rotatable bonds is 4. The molecule has 1 heterocycles. The highest BCUT2D eigenvalue weighted by Gasteiger charge is 2.15. The molecular formula is C12H10ClFN4OS. The van der Waals surface area contributed by atoms with E-state index >= 15 is 0 Å². The predicted molar refractivity (Wildman–Crippen MR) is 78.2 cm³/mol. The van der Waals surface area contributed by atoms with Gasteiger partial charge in [-0.2, -0.15) is 5.10 Å². The van der Waals surface area contributed by atoms with Crippen LogP contribution >= 0.6 is 23.8 Å². The Kier molecular flexibility index (Phi) is 4.31. The minimum absolute atomic E-state index is 0.0953. The minimum atomic E-state index is -0.535. The Morgan fingerprint density at radius 1 is 1.55 bits per heavy atom. The molecule has 0 unspecified atom stereocenters. The molecule has 0 spiro atoms. The van der Waals surface area contributed by atoms with E-state index in [4.69, 9.17) is 29.6 Å². The summed E-state index contributed by atoms with van der Waals surface area (Å²) >= 11 is 10.7. The largest absolute Gasteiger partial charge is 0.389 e. The molecule has 1 aromatic heterocycles. The van der Waals surface area contributed by atoms with Crippen LogP contribution in [-0.4, -0.2) is 21.1 Å². The molecule has 20 heavy (non-hydrogen) atoms. The molecule has 104 valence electrons. The third-order valence-corrected chi connectivity index (χ3v) is 3.14. The van der Waals surface area contributed by atoms with Gasteiger partial charge in [0.05, 0.1) is 18.2 Å². The third-order valence-electron chi connectivity index (χ3n) is 2.57. The Bertz CT molecular complexity index is 653. The van der Waals surface area contributed by atoms with Crippen LogP contribution in [0.15, 0.2) is 24.4 Å². The van der Waals surface area contributed by atoms with Gasteiger partial charge in [-0.05, 0) is 12.1 Å². The van der Waals surface area contributed by atoms with Gasteiger partial charge in [0.25, 0.3) is 0 Å². The Morgan fingerprint density at radius 3 is 2.95 bits per heavy atom. The number of hydrogen-bond acceptors (Lipinski definition) is 3. The number of thiocarbonyl (C=S) groups is 1. The van der Waals surface area contributed by atoms with Crippen molar-refractivity contribution < 1.29 is 9.18 Å². The number of H-pyrrole nitrogens is 1. The molecule has 0 fully saturated rings. The van der Waals surface area contributed by atoms with Gasteiger partial charge in [-0.25, -0.2) is 4.39 Å². The van der Waals surface area contributed by atoms with E-state index < -0.39 is 11.7 Å². The highest BCUT2D eigenvalue weighted by atomic mass is 35.5. The lowest BCUT2D eigenvalue weighted by Crippen LogP contribution is -2.19. The van der Waals surface area contributed by atoms with E-state index in [0.29, 0.717) is 5.56 Å². The first kappa shape index (κ1) is 14.4. The Hall–Kier alpha value is -1.99. The summed E-state index contributed by atoms with van der Waals surface area (Å²) in [6, 6.07) is 4.23. The van der Waals surface area contributed by atoms with Gasteiger partial charge < -0.3 is 11.1 Å². The van der Waals surface area contributed by atoms with Crippen molar-refractivity contribution in [3.8, 4) is 0 Å². The second kappa shape index (κ2) is 5.98. The molecule has 1 aromatic carbocycles. The van der Waals surface area contributed by atoms with Crippen LogP contribution in [0.3, 0.4) is 0 Å². The number of aromatic nitrogens is 2. The van der Waals surface area contributed by atoms with Crippen molar-refractivity contribution in [3.05, 3.63) is 46.4 Å². The van der Waals surface area contributed by atoms with Crippen LogP contribution in [0.4, 0.5) is 10.2 Å². The standard InChI is InChI=1S/C12H10ClFN4OS/c13-8-2-1-3-9(14)6(8)4-10(19)17-12-7(11(15)20)5-16-18-12/h1-3,5H,4H2,(H2,15,20)(H2,16,17,18,19). The molecule has 0 atom stereocenters. The van der Waals surface area contributed by atoms with E-state index in [1.165, 1.54) is 24.4 Å². The maximum atomic E-state index is 13.6. The molecule has 0 saturated heterocycles. The van der Waals surface area contributed by atoms with Gasteiger partial charge in [0.2, 0.25) is 5.91 Å². The number of carbonyl (C=O) groups is 1. The number of nitrogens with two attached hydrogens (primary N) is 1. The van der Waals surface area contributed by atoms with Gasteiger partial charge in [-0.15, -0.1) is 0 Å². The van der Waals surface area contributed by atoms with Crippen LogP contribution < -0.4 is 11.1 Å². The Labute approximate surface area is 124 Å². The molecular weight excluding hydrogens is 303 g/mol. The van der Waals surface area contributed by atoms with E-state index in [0.717, 1.165) is 0 Å². The van der Waals surface area contributed by atoms with Crippen LogP contribution in [-0.2, 0) is 11.2 Å². The van der Waals surface area contributed by atoms with E-state index in [1.807, 2.05) is 0 Å². The highest BCUT2D eigenvalue weighted by molar-refractivity contribution is 7.80. The fourth-order valence-corrected chi connectivity index (χ4v) is 2.00. The topological polar surface area (TPSA) is 83.8 Å². The minimum Gasteiger partial charge on any atom is -0.389 e. The summed E-state index contributed by atoms with van der Waals surface area (Å²) in [5, 5.41) is 9.01. The molecule has 1 amide bonds. The first-order valence-corrected chi connectivity index (χ1v) is 6.33. The first-order chi connectivity index (χ1) is 9.49.